The standard InChI is InChI=1S/C39H32ClF6N7O4/c1-38(2,57)11-10-21-4-5-22(23-7-9-26(40)31-34(23)52(3)51-37(31)49-29(56)17-54)32(47-21)27(14-18-12-19(41)15-20(42)13-18)48-28(55)16-53-35-30(33(50-53)36(43)44)24-6-8-25(24)39(35,45)46/h4-9,12-13,15,24-25,27,36,54,57H,14,16-17H2,1-3H3,(H,48,55)(H,49,51,56)/t24-,25+,27?/m0/s1. The van der Waals surface area contributed by atoms with Crippen LogP contribution in [0.2, 0.25) is 5.02 Å². The van der Waals surface area contributed by atoms with Gasteiger partial charge >= 0.3 is 0 Å². The average Bonchev–Trinajstić information content (AvgIpc) is 3.68. The summed E-state index contributed by atoms with van der Waals surface area (Å²) < 4.78 is 90.5. The predicted molar refractivity (Wildman–Crippen MR) is 195 cm³/mol. The van der Waals surface area contributed by atoms with Crippen molar-refractivity contribution >= 4 is 40.1 Å². The molecule has 2 amide bonds. The van der Waals surface area contributed by atoms with Crippen LogP contribution in [0.25, 0.3) is 22.0 Å². The maximum absolute atomic E-state index is 15.6. The largest absolute Gasteiger partial charge is 0.387 e. The second-order valence-electron chi connectivity index (χ2n) is 14.2. The van der Waals surface area contributed by atoms with Gasteiger partial charge in [-0.25, -0.2) is 22.5 Å². The lowest BCUT2D eigenvalue weighted by Gasteiger charge is -2.27. The molecule has 11 nitrogen and oxygen atoms in total. The molecular weight excluding hydrogens is 780 g/mol. The second kappa shape index (κ2) is 14.7. The van der Waals surface area contributed by atoms with Crippen LogP contribution in [0.3, 0.4) is 0 Å². The molecule has 5 aromatic rings. The number of halogens is 7. The minimum atomic E-state index is -3.60. The number of hydrogen-bond donors (Lipinski definition) is 4. The Hall–Kier alpha value is -5.70. The van der Waals surface area contributed by atoms with Crippen molar-refractivity contribution in [3.8, 4) is 23.0 Å². The van der Waals surface area contributed by atoms with E-state index < -0.39 is 83.8 Å². The zero-order valence-electron chi connectivity index (χ0n) is 30.2. The molecular formula is C39H32ClF6N7O4. The molecule has 7 rings (SSSR count). The molecule has 0 saturated carbocycles. The number of carbonyl (C=O) groups is 2. The van der Waals surface area contributed by atoms with Gasteiger partial charge in [-0.1, -0.05) is 35.7 Å². The lowest BCUT2D eigenvalue weighted by atomic mass is 9.81. The number of benzene rings is 2. The Balaban J connectivity index is 1.38. The van der Waals surface area contributed by atoms with Gasteiger partial charge in [0.05, 0.1) is 33.6 Å². The number of alkyl halides is 4. The van der Waals surface area contributed by atoms with Crippen LogP contribution in [0.4, 0.5) is 32.2 Å². The van der Waals surface area contributed by atoms with Gasteiger partial charge in [0.25, 0.3) is 18.3 Å². The number of nitrogens with zero attached hydrogens (tertiary/aromatic N) is 5. The fourth-order valence-electron chi connectivity index (χ4n) is 7.23. The summed E-state index contributed by atoms with van der Waals surface area (Å²) in [5, 5.41) is 33.4. The molecule has 2 aliphatic carbocycles. The minimum Gasteiger partial charge on any atom is -0.387 e. The highest BCUT2D eigenvalue weighted by Crippen LogP contribution is 2.60. The van der Waals surface area contributed by atoms with Crippen LogP contribution in [0.1, 0.15) is 66.1 Å². The van der Waals surface area contributed by atoms with E-state index in [-0.39, 0.29) is 50.7 Å². The molecule has 3 atom stereocenters. The van der Waals surface area contributed by atoms with Crippen molar-refractivity contribution in [2.75, 3.05) is 11.9 Å². The van der Waals surface area contributed by atoms with Crippen molar-refractivity contribution < 1.29 is 46.1 Å². The molecule has 57 heavy (non-hydrogen) atoms. The van der Waals surface area contributed by atoms with E-state index in [4.69, 9.17) is 16.6 Å². The number of nitrogens with one attached hydrogen (secondary N) is 2. The third kappa shape index (κ3) is 7.47. The molecule has 0 aliphatic heterocycles. The highest BCUT2D eigenvalue weighted by Gasteiger charge is 2.60. The first-order valence-corrected chi connectivity index (χ1v) is 17.8. The minimum absolute atomic E-state index is 0.0102. The molecule has 0 bridgehead atoms. The normalized spacial score (nSPS) is 17.1. The number of anilines is 1. The molecule has 2 aromatic carbocycles. The van der Waals surface area contributed by atoms with Crippen molar-refractivity contribution in [2.24, 2.45) is 13.0 Å². The monoisotopic (exact) mass is 811 g/mol. The van der Waals surface area contributed by atoms with Crippen molar-refractivity contribution in [3.05, 3.63) is 105 Å². The van der Waals surface area contributed by atoms with Gasteiger partial charge in [0, 0.05) is 35.7 Å². The van der Waals surface area contributed by atoms with Crippen molar-refractivity contribution in [2.45, 2.75) is 56.7 Å². The molecule has 3 heterocycles. The van der Waals surface area contributed by atoms with E-state index in [1.807, 2.05) is 0 Å². The van der Waals surface area contributed by atoms with Gasteiger partial charge in [-0.3, -0.25) is 19.0 Å². The van der Waals surface area contributed by atoms with Gasteiger partial charge in [0.1, 0.15) is 47.5 Å². The Morgan fingerprint density at radius 1 is 1.02 bits per heavy atom. The Kier molecular flexibility index (Phi) is 10.2. The number of aliphatic hydroxyl groups is 2. The summed E-state index contributed by atoms with van der Waals surface area (Å²) >= 11 is 6.59. The third-order valence-corrected chi connectivity index (χ3v) is 9.89. The number of carbonyl (C=O) groups excluding carboxylic acids is 2. The van der Waals surface area contributed by atoms with Crippen LogP contribution in [-0.2, 0) is 35.5 Å². The molecule has 2 aliphatic rings. The average molecular weight is 812 g/mol. The van der Waals surface area contributed by atoms with Crippen LogP contribution in [0.5, 0.6) is 0 Å². The lowest BCUT2D eigenvalue weighted by Crippen LogP contribution is -2.35. The van der Waals surface area contributed by atoms with E-state index in [1.165, 1.54) is 42.8 Å². The molecule has 4 N–H and O–H groups in total. The molecule has 3 aromatic heterocycles. The number of fused-ring (bicyclic) bond motifs is 4. The fourth-order valence-corrected chi connectivity index (χ4v) is 7.47. The predicted octanol–water partition coefficient (Wildman–Crippen LogP) is 6.23. The highest BCUT2D eigenvalue weighted by molar-refractivity contribution is 6.37. The Labute approximate surface area is 325 Å². The van der Waals surface area contributed by atoms with E-state index in [2.05, 4.69) is 32.7 Å². The first-order chi connectivity index (χ1) is 26.9. The van der Waals surface area contributed by atoms with Crippen LogP contribution in [0, 0.1) is 29.4 Å². The summed E-state index contributed by atoms with van der Waals surface area (Å²) in [6, 6.07) is 7.55. The summed E-state index contributed by atoms with van der Waals surface area (Å²) in [6.07, 6.45) is -0.940. The number of pyridine rings is 1. The lowest BCUT2D eigenvalue weighted by molar-refractivity contribution is -0.123. The van der Waals surface area contributed by atoms with Gasteiger partial charge in [-0.2, -0.15) is 19.0 Å². The number of hydrogen-bond acceptors (Lipinski definition) is 7. The fraction of sp³-hybridized carbons (Fsp3) is 0.308. The Morgan fingerprint density at radius 2 is 1.72 bits per heavy atom. The van der Waals surface area contributed by atoms with E-state index >= 15 is 8.78 Å². The Morgan fingerprint density at radius 3 is 2.35 bits per heavy atom. The number of aryl methyl sites for hydroxylation is 1. The summed E-state index contributed by atoms with van der Waals surface area (Å²) in [4.78, 5) is 30.9. The van der Waals surface area contributed by atoms with E-state index in [9.17, 15) is 37.4 Å². The SMILES string of the molecule is Cn1nc(NC(=O)CO)c2c(Cl)ccc(-c3ccc(C#CC(C)(C)O)nc3C(Cc3cc(F)cc(F)c3)NC(=O)Cn3nc(C(F)F)c4c3C(F)(F)[C@@H]3C=C[C@H]43)c21. The summed E-state index contributed by atoms with van der Waals surface area (Å²) in [6.45, 7) is 1.09. The zero-order valence-corrected chi connectivity index (χ0v) is 31.0. The molecule has 296 valence electrons. The molecule has 0 fully saturated rings. The van der Waals surface area contributed by atoms with Gasteiger partial charge in [0.2, 0.25) is 5.91 Å². The van der Waals surface area contributed by atoms with Crippen LogP contribution >= 0.6 is 11.6 Å². The first-order valence-electron chi connectivity index (χ1n) is 17.4. The number of allylic oxidation sites excluding steroid dienone is 2. The number of rotatable bonds is 10. The van der Waals surface area contributed by atoms with E-state index in [0.29, 0.717) is 21.8 Å². The molecule has 18 heteroatoms. The van der Waals surface area contributed by atoms with E-state index in [0.717, 1.165) is 12.1 Å². The maximum atomic E-state index is 15.6. The molecule has 0 radical (unpaired) electrons. The van der Waals surface area contributed by atoms with Gasteiger partial charge in [0.15, 0.2) is 5.82 Å². The summed E-state index contributed by atoms with van der Waals surface area (Å²) in [5.74, 6) is -4.17. The first kappa shape index (κ1) is 39.5. The zero-order chi connectivity index (χ0) is 41.1. The van der Waals surface area contributed by atoms with Crippen molar-refractivity contribution in [1.29, 1.82) is 0 Å². The van der Waals surface area contributed by atoms with Gasteiger partial charge in [-0.05, 0) is 62.1 Å². The van der Waals surface area contributed by atoms with E-state index in [1.54, 1.807) is 19.2 Å². The van der Waals surface area contributed by atoms with Crippen LogP contribution < -0.4 is 10.6 Å². The van der Waals surface area contributed by atoms with Crippen molar-refractivity contribution in [3.63, 3.8) is 0 Å². The molecule has 0 saturated heterocycles. The topological polar surface area (TPSA) is 147 Å². The van der Waals surface area contributed by atoms with Crippen LogP contribution in [-0.4, -0.2) is 58.8 Å². The Bertz CT molecular complexity index is 2530. The van der Waals surface area contributed by atoms with Crippen molar-refractivity contribution in [1.82, 2.24) is 29.9 Å². The van der Waals surface area contributed by atoms with Crippen LogP contribution in [0.15, 0.2) is 54.6 Å². The highest BCUT2D eigenvalue weighted by atomic mass is 35.5. The van der Waals surface area contributed by atoms with Gasteiger partial charge in [-0.15, -0.1) is 0 Å². The quantitative estimate of drug-likeness (QED) is 0.0744. The third-order valence-electron chi connectivity index (χ3n) is 9.58. The summed E-state index contributed by atoms with van der Waals surface area (Å²) in [7, 11) is 1.55. The van der Waals surface area contributed by atoms with Gasteiger partial charge < -0.3 is 20.8 Å². The maximum Gasteiger partial charge on any atom is 0.296 e. The second-order valence-corrected chi connectivity index (χ2v) is 14.6. The molecule has 0 spiro atoms. The number of aliphatic hydroxyl groups excluding tert-OH is 1. The number of amides is 2. The number of aromatic nitrogens is 5. The molecule has 1 unspecified atom stereocenters. The smallest absolute Gasteiger partial charge is 0.296 e. The summed E-state index contributed by atoms with van der Waals surface area (Å²) in [5.41, 5.74) is -2.30.